The molecule has 0 saturated carbocycles. The highest BCUT2D eigenvalue weighted by Gasteiger charge is 2.09. The molecule has 1 heterocycles. The van der Waals surface area contributed by atoms with Crippen molar-refractivity contribution in [2.24, 2.45) is 5.73 Å². The van der Waals surface area contributed by atoms with Crippen LogP contribution in [-0.2, 0) is 0 Å². The van der Waals surface area contributed by atoms with Gasteiger partial charge < -0.3 is 10.2 Å². The summed E-state index contributed by atoms with van der Waals surface area (Å²) in [6.07, 6.45) is 1.74. The number of rotatable bonds is 3. The standard InChI is InChI=1S/C20H15N3O/c21-19(22)16-8-6-15-11-17(9-7-14(15)10-16)20-23-12-18(24-20)13-4-2-1-3-5-13/h1-12H,(H3,21,22). The summed E-state index contributed by atoms with van der Waals surface area (Å²) >= 11 is 0. The maximum absolute atomic E-state index is 7.52. The van der Waals surface area contributed by atoms with Gasteiger partial charge in [-0.05, 0) is 29.0 Å². The van der Waals surface area contributed by atoms with E-state index in [4.69, 9.17) is 15.6 Å². The predicted octanol–water partition coefficient (Wildman–Crippen LogP) is 4.45. The van der Waals surface area contributed by atoms with Crippen LogP contribution in [0.4, 0.5) is 0 Å². The van der Waals surface area contributed by atoms with Crippen molar-refractivity contribution in [1.82, 2.24) is 4.98 Å². The summed E-state index contributed by atoms with van der Waals surface area (Å²) < 4.78 is 5.90. The molecule has 0 bridgehead atoms. The number of aromatic nitrogens is 1. The van der Waals surface area contributed by atoms with Gasteiger partial charge in [0.1, 0.15) is 5.84 Å². The maximum atomic E-state index is 7.52. The van der Waals surface area contributed by atoms with E-state index in [2.05, 4.69) is 4.98 Å². The fraction of sp³-hybridized carbons (Fsp3) is 0. The largest absolute Gasteiger partial charge is 0.436 e. The van der Waals surface area contributed by atoms with E-state index in [1.807, 2.05) is 66.7 Å². The van der Waals surface area contributed by atoms with Gasteiger partial charge >= 0.3 is 0 Å². The molecule has 4 rings (SSSR count). The smallest absolute Gasteiger partial charge is 0.226 e. The van der Waals surface area contributed by atoms with Crippen molar-refractivity contribution >= 4 is 16.6 Å². The Kier molecular flexibility index (Phi) is 3.35. The molecule has 1 aromatic heterocycles. The number of benzene rings is 3. The van der Waals surface area contributed by atoms with Crippen LogP contribution >= 0.6 is 0 Å². The minimum atomic E-state index is 0.0705. The third kappa shape index (κ3) is 2.54. The normalized spacial score (nSPS) is 10.8. The Balaban J connectivity index is 1.73. The number of amidine groups is 1. The van der Waals surface area contributed by atoms with Gasteiger partial charge in [0.05, 0.1) is 6.20 Å². The monoisotopic (exact) mass is 313 g/mol. The van der Waals surface area contributed by atoms with E-state index in [9.17, 15) is 0 Å². The van der Waals surface area contributed by atoms with Crippen LogP contribution in [0.25, 0.3) is 33.6 Å². The molecule has 0 saturated heterocycles. The molecule has 0 unspecified atom stereocenters. The van der Waals surface area contributed by atoms with Crippen LogP contribution in [0.5, 0.6) is 0 Å². The van der Waals surface area contributed by atoms with Crippen molar-refractivity contribution in [3.63, 3.8) is 0 Å². The first-order chi connectivity index (χ1) is 11.7. The molecule has 4 aromatic rings. The van der Waals surface area contributed by atoms with Crippen molar-refractivity contribution in [3.8, 4) is 22.8 Å². The van der Waals surface area contributed by atoms with Crippen LogP contribution in [0, 0.1) is 5.41 Å². The lowest BCUT2D eigenvalue weighted by molar-refractivity contribution is 0.589. The first kappa shape index (κ1) is 14.2. The van der Waals surface area contributed by atoms with Gasteiger partial charge in [-0.25, -0.2) is 4.98 Å². The van der Waals surface area contributed by atoms with Crippen LogP contribution in [0.2, 0.25) is 0 Å². The molecule has 4 heteroatoms. The Morgan fingerprint density at radius 1 is 0.875 bits per heavy atom. The summed E-state index contributed by atoms with van der Waals surface area (Å²) in [6, 6.07) is 21.6. The zero-order chi connectivity index (χ0) is 16.5. The van der Waals surface area contributed by atoms with Gasteiger partial charge in [-0.1, -0.05) is 48.5 Å². The first-order valence-corrected chi connectivity index (χ1v) is 7.60. The highest BCUT2D eigenvalue weighted by Crippen LogP contribution is 2.28. The Morgan fingerprint density at radius 3 is 2.42 bits per heavy atom. The number of hydrogen-bond acceptors (Lipinski definition) is 3. The quantitative estimate of drug-likeness (QED) is 0.433. The number of hydrogen-bond donors (Lipinski definition) is 2. The van der Waals surface area contributed by atoms with Crippen molar-refractivity contribution in [1.29, 1.82) is 5.41 Å². The Hall–Kier alpha value is -3.40. The highest BCUT2D eigenvalue weighted by atomic mass is 16.4. The first-order valence-electron chi connectivity index (χ1n) is 7.60. The van der Waals surface area contributed by atoms with Crippen LogP contribution in [0.3, 0.4) is 0 Å². The van der Waals surface area contributed by atoms with Crippen molar-refractivity contribution in [3.05, 3.63) is 78.5 Å². The number of fused-ring (bicyclic) bond motifs is 1. The fourth-order valence-electron chi connectivity index (χ4n) is 2.69. The molecule has 0 spiro atoms. The third-order valence-corrected chi connectivity index (χ3v) is 3.96. The van der Waals surface area contributed by atoms with E-state index < -0.39 is 0 Å². The minimum absolute atomic E-state index is 0.0705. The molecular formula is C20H15N3O. The molecule has 0 aliphatic rings. The second kappa shape index (κ2) is 5.66. The Morgan fingerprint density at radius 2 is 1.62 bits per heavy atom. The fourth-order valence-corrected chi connectivity index (χ4v) is 2.69. The number of nitrogens with one attached hydrogen (secondary N) is 1. The molecule has 24 heavy (non-hydrogen) atoms. The summed E-state index contributed by atoms with van der Waals surface area (Å²) in [5, 5.41) is 9.61. The molecule has 0 aliphatic carbocycles. The molecular weight excluding hydrogens is 298 g/mol. The van der Waals surface area contributed by atoms with Gasteiger partial charge in [0.2, 0.25) is 5.89 Å². The minimum Gasteiger partial charge on any atom is -0.436 e. The average Bonchev–Trinajstić information content (AvgIpc) is 3.11. The lowest BCUT2D eigenvalue weighted by Crippen LogP contribution is -2.10. The highest BCUT2D eigenvalue weighted by molar-refractivity contribution is 5.99. The molecule has 3 N–H and O–H groups in total. The van der Waals surface area contributed by atoms with Crippen LogP contribution in [0.15, 0.2) is 77.3 Å². The van der Waals surface area contributed by atoms with E-state index in [0.29, 0.717) is 5.89 Å². The summed E-state index contributed by atoms with van der Waals surface area (Å²) in [5.41, 5.74) is 8.18. The second-order valence-corrected chi connectivity index (χ2v) is 5.59. The van der Waals surface area contributed by atoms with Crippen LogP contribution in [-0.4, -0.2) is 10.8 Å². The molecule has 0 radical (unpaired) electrons. The molecule has 4 nitrogen and oxygen atoms in total. The summed E-state index contributed by atoms with van der Waals surface area (Å²) in [5.74, 6) is 1.41. The van der Waals surface area contributed by atoms with Gasteiger partial charge in [-0.15, -0.1) is 0 Å². The summed E-state index contributed by atoms with van der Waals surface area (Å²) in [7, 11) is 0. The molecule has 116 valence electrons. The molecule has 0 atom stereocenters. The number of nitrogens with zero attached hydrogens (tertiary/aromatic N) is 1. The van der Waals surface area contributed by atoms with Crippen LogP contribution < -0.4 is 5.73 Å². The SMILES string of the molecule is N=C(N)c1ccc2cc(-c3ncc(-c4ccccc4)o3)ccc2c1. The number of nitrogen functional groups attached to an aromatic ring is 1. The van der Waals surface area contributed by atoms with Gasteiger partial charge in [0.15, 0.2) is 5.76 Å². The van der Waals surface area contributed by atoms with E-state index in [0.717, 1.165) is 33.2 Å². The molecule has 3 aromatic carbocycles. The van der Waals surface area contributed by atoms with Crippen LogP contribution in [0.1, 0.15) is 5.56 Å². The maximum Gasteiger partial charge on any atom is 0.226 e. The van der Waals surface area contributed by atoms with Crippen molar-refractivity contribution in [2.75, 3.05) is 0 Å². The predicted molar refractivity (Wildman–Crippen MR) is 95.9 cm³/mol. The van der Waals surface area contributed by atoms with Gasteiger partial charge in [0, 0.05) is 16.7 Å². The molecule has 0 amide bonds. The topological polar surface area (TPSA) is 75.9 Å². The van der Waals surface area contributed by atoms with Gasteiger partial charge in [-0.2, -0.15) is 0 Å². The lowest BCUT2D eigenvalue weighted by atomic mass is 10.0. The van der Waals surface area contributed by atoms with Gasteiger partial charge in [-0.3, -0.25) is 5.41 Å². The van der Waals surface area contributed by atoms with E-state index in [1.165, 1.54) is 0 Å². The van der Waals surface area contributed by atoms with E-state index >= 15 is 0 Å². The second-order valence-electron chi connectivity index (χ2n) is 5.59. The van der Waals surface area contributed by atoms with Crippen molar-refractivity contribution in [2.45, 2.75) is 0 Å². The van der Waals surface area contributed by atoms with Crippen molar-refractivity contribution < 1.29 is 4.42 Å². The molecule has 0 aliphatic heterocycles. The summed E-state index contributed by atoms with van der Waals surface area (Å²) in [4.78, 5) is 4.39. The molecule has 0 fully saturated rings. The third-order valence-electron chi connectivity index (χ3n) is 3.96. The Bertz CT molecular complexity index is 1040. The van der Waals surface area contributed by atoms with E-state index in [1.54, 1.807) is 6.20 Å². The summed E-state index contributed by atoms with van der Waals surface area (Å²) in [6.45, 7) is 0. The number of oxazole rings is 1. The average molecular weight is 313 g/mol. The number of nitrogens with two attached hydrogens (primary N) is 1. The lowest BCUT2D eigenvalue weighted by Gasteiger charge is -2.03. The zero-order valence-corrected chi connectivity index (χ0v) is 12.9. The zero-order valence-electron chi connectivity index (χ0n) is 12.9. The Labute approximate surface area is 139 Å². The van der Waals surface area contributed by atoms with E-state index in [-0.39, 0.29) is 5.84 Å². The van der Waals surface area contributed by atoms with Gasteiger partial charge in [0.25, 0.3) is 0 Å².